The molecule has 0 aliphatic carbocycles. The molecule has 0 aromatic heterocycles. The highest BCUT2D eigenvalue weighted by molar-refractivity contribution is 5.35. The van der Waals surface area contributed by atoms with Crippen molar-refractivity contribution in [1.82, 2.24) is 5.32 Å². The molecule has 2 nitrogen and oxygen atoms in total. The standard InChI is InChI=1S/C15H24N2.C12H12F6/c1-4-6-14(5-2)15-10-9-13(11-17-15)8-7-12(3)16;1-3-7(2)8-4-9(11(13,14)15)6-10(5-8)12(16,17)18/h4-6,13,15,17H,1-3,7-11,16H2;4-7H,3H2,1-2H3/b14-6+;. The van der Waals surface area contributed by atoms with Crippen molar-refractivity contribution in [2.24, 2.45) is 11.7 Å². The Balaban J connectivity index is 0.000000351. The van der Waals surface area contributed by atoms with E-state index in [0.29, 0.717) is 12.5 Å². The van der Waals surface area contributed by atoms with Gasteiger partial charge >= 0.3 is 12.4 Å². The maximum absolute atomic E-state index is 12.5. The van der Waals surface area contributed by atoms with Gasteiger partial charge in [-0.3, -0.25) is 0 Å². The fraction of sp³-hybridized carbons (Fsp3) is 0.481. The first-order chi connectivity index (χ1) is 16.2. The summed E-state index contributed by atoms with van der Waals surface area (Å²) in [5.41, 5.74) is 5.17. The first-order valence-electron chi connectivity index (χ1n) is 11.6. The third-order valence-electron chi connectivity index (χ3n) is 6.13. The van der Waals surface area contributed by atoms with Crippen LogP contribution in [0.1, 0.15) is 68.6 Å². The average molecular weight is 503 g/mol. The van der Waals surface area contributed by atoms with E-state index in [1.54, 1.807) is 13.8 Å². The van der Waals surface area contributed by atoms with Gasteiger partial charge in [0.25, 0.3) is 0 Å². The van der Waals surface area contributed by atoms with Crippen molar-refractivity contribution in [2.45, 2.75) is 70.3 Å². The Morgan fingerprint density at radius 1 is 1.09 bits per heavy atom. The van der Waals surface area contributed by atoms with Crippen LogP contribution < -0.4 is 11.1 Å². The smallest absolute Gasteiger partial charge is 0.403 e. The molecule has 0 radical (unpaired) electrons. The Hall–Kier alpha value is -2.48. The van der Waals surface area contributed by atoms with Gasteiger partial charge in [0.2, 0.25) is 0 Å². The monoisotopic (exact) mass is 502 g/mol. The molecule has 1 aliphatic heterocycles. The predicted molar refractivity (Wildman–Crippen MR) is 131 cm³/mol. The molecule has 0 spiro atoms. The predicted octanol–water partition coefficient (Wildman–Crippen LogP) is 8.14. The van der Waals surface area contributed by atoms with Gasteiger partial charge in [0, 0.05) is 11.7 Å². The second kappa shape index (κ2) is 13.6. The van der Waals surface area contributed by atoms with Crippen molar-refractivity contribution in [3.63, 3.8) is 0 Å². The SMILES string of the molecule is C=C/C=C(\C=C)C1CCC(CCC(=C)N)CN1.CCC(C)c1cc(C(F)(F)F)cc(C(F)(F)F)c1. The van der Waals surface area contributed by atoms with E-state index in [-0.39, 0.29) is 17.5 Å². The third-order valence-corrected chi connectivity index (χ3v) is 6.13. The number of halogens is 6. The maximum Gasteiger partial charge on any atom is 0.416 e. The summed E-state index contributed by atoms with van der Waals surface area (Å²) in [6.45, 7) is 15.7. The summed E-state index contributed by atoms with van der Waals surface area (Å²) in [4.78, 5) is 0. The Morgan fingerprint density at radius 3 is 2.03 bits per heavy atom. The minimum atomic E-state index is -4.77. The largest absolute Gasteiger partial charge is 0.416 e. The Bertz CT molecular complexity index is 842. The van der Waals surface area contributed by atoms with Crippen LogP contribution in [0, 0.1) is 5.92 Å². The van der Waals surface area contributed by atoms with Gasteiger partial charge < -0.3 is 11.1 Å². The van der Waals surface area contributed by atoms with Gasteiger partial charge in [-0.2, -0.15) is 26.3 Å². The lowest BCUT2D eigenvalue weighted by Gasteiger charge is -2.30. The van der Waals surface area contributed by atoms with Crippen molar-refractivity contribution < 1.29 is 26.3 Å². The van der Waals surface area contributed by atoms with Crippen molar-refractivity contribution in [2.75, 3.05) is 6.54 Å². The van der Waals surface area contributed by atoms with Gasteiger partial charge in [0.15, 0.2) is 0 Å². The van der Waals surface area contributed by atoms with Crippen molar-refractivity contribution in [3.8, 4) is 0 Å². The van der Waals surface area contributed by atoms with E-state index in [1.165, 1.54) is 12.0 Å². The zero-order chi connectivity index (χ0) is 26.8. The number of benzene rings is 1. The van der Waals surface area contributed by atoms with E-state index >= 15 is 0 Å². The lowest BCUT2D eigenvalue weighted by molar-refractivity contribution is -0.143. The van der Waals surface area contributed by atoms with Gasteiger partial charge in [0.1, 0.15) is 0 Å². The summed E-state index contributed by atoms with van der Waals surface area (Å²) in [5, 5.41) is 3.57. The molecular weight excluding hydrogens is 466 g/mol. The van der Waals surface area contributed by atoms with Crippen molar-refractivity contribution in [1.29, 1.82) is 0 Å². The van der Waals surface area contributed by atoms with Gasteiger partial charge in [-0.15, -0.1) is 0 Å². The van der Waals surface area contributed by atoms with E-state index in [4.69, 9.17) is 5.73 Å². The van der Waals surface area contributed by atoms with E-state index in [9.17, 15) is 26.3 Å². The molecule has 0 bridgehead atoms. The highest BCUT2D eigenvalue weighted by atomic mass is 19.4. The van der Waals surface area contributed by atoms with Gasteiger partial charge in [0.05, 0.1) is 11.1 Å². The molecule has 1 aromatic carbocycles. The van der Waals surface area contributed by atoms with Crippen LogP contribution in [0.5, 0.6) is 0 Å². The van der Waals surface area contributed by atoms with E-state index in [1.807, 2.05) is 18.2 Å². The molecule has 1 saturated heterocycles. The van der Waals surface area contributed by atoms with Gasteiger partial charge in [-0.1, -0.05) is 51.8 Å². The normalized spacial score (nSPS) is 19.8. The zero-order valence-corrected chi connectivity index (χ0v) is 20.4. The summed E-state index contributed by atoms with van der Waals surface area (Å²) >= 11 is 0. The highest BCUT2D eigenvalue weighted by Gasteiger charge is 2.37. The number of piperidine rings is 1. The summed E-state index contributed by atoms with van der Waals surface area (Å²) in [5.74, 6) is 0.370. The summed E-state index contributed by atoms with van der Waals surface area (Å²) in [7, 11) is 0. The molecule has 0 amide bonds. The molecule has 3 atom stereocenters. The van der Waals surface area contributed by atoms with Crippen LogP contribution in [-0.4, -0.2) is 12.6 Å². The number of rotatable bonds is 8. The highest BCUT2D eigenvalue weighted by Crippen LogP contribution is 2.38. The quantitative estimate of drug-likeness (QED) is 0.278. The Kier molecular flexibility index (Phi) is 11.8. The molecule has 35 heavy (non-hydrogen) atoms. The molecular formula is C27H36F6N2. The number of alkyl halides is 6. The fourth-order valence-electron chi connectivity index (χ4n) is 3.80. The van der Waals surface area contributed by atoms with Gasteiger partial charge in [-0.25, -0.2) is 0 Å². The van der Waals surface area contributed by atoms with Crippen molar-refractivity contribution in [3.05, 3.63) is 84.1 Å². The molecule has 1 aromatic rings. The van der Waals surface area contributed by atoms with Crippen LogP contribution >= 0.6 is 0 Å². The maximum atomic E-state index is 12.5. The summed E-state index contributed by atoms with van der Waals surface area (Å²) < 4.78 is 75.2. The first kappa shape index (κ1) is 30.6. The fourth-order valence-corrected chi connectivity index (χ4v) is 3.80. The molecule has 2 rings (SSSR count). The number of hydrogen-bond acceptors (Lipinski definition) is 2. The summed E-state index contributed by atoms with van der Waals surface area (Å²) in [6, 6.07) is 2.14. The Morgan fingerprint density at radius 2 is 1.66 bits per heavy atom. The van der Waals surface area contributed by atoms with E-state index in [0.717, 1.165) is 49.6 Å². The minimum absolute atomic E-state index is 0.0552. The van der Waals surface area contributed by atoms with Crippen LogP contribution in [0.3, 0.4) is 0 Å². The first-order valence-corrected chi connectivity index (χ1v) is 11.6. The van der Waals surface area contributed by atoms with Crippen LogP contribution in [0.15, 0.2) is 67.4 Å². The molecule has 0 saturated carbocycles. The molecule has 1 fully saturated rings. The third kappa shape index (κ3) is 10.3. The molecule has 3 unspecified atom stereocenters. The van der Waals surface area contributed by atoms with Gasteiger partial charge in [-0.05, 0) is 79.8 Å². The molecule has 8 heteroatoms. The topological polar surface area (TPSA) is 38.0 Å². The number of allylic oxidation sites excluding steroid dienone is 3. The van der Waals surface area contributed by atoms with Crippen molar-refractivity contribution >= 4 is 0 Å². The lowest BCUT2D eigenvalue weighted by atomic mass is 9.88. The van der Waals surface area contributed by atoms with Crippen LogP contribution in [0.25, 0.3) is 0 Å². The molecule has 196 valence electrons. The second-order valence-corrected chi connectivity index (χ2v) is 8.86. The summed E-state index contributed by atoms with van der Waals surface area (Å²) in [6.07, 6.45) is 1.18. The molecule has 3 N–H and O–H groups in total. The van der Waals surface area contributed by atoms with E-state index < -0.39 is 23.5 Å². The molecule has 1 heterocycles. The van der Waals surface area contributed by atoms with Crippen LogP contribution in [0.2, 0.25) is 0 Å². The number of hydrogen-bond donors (Lipinski definition) is 2. The average Bonchev–Trinajstić information content (AvgIpc) is 2.80. The Labute approximate surface area is 204 Å². The van der Waals surface area contributed by atoms with Crippen LogP contribution in [0.4, 0.5) is 26.3 Å². The molecule has 1 aliphatic rings. The lowest BCUT2D eigenvalue weighted by Crippen LogP contribution is -2.39. The minimum Gasteiger partial charge on any atom is -0.403 e. The van der Waals surface area contributed by atoms with Crippen LogP contribution in [-0.2, 0) is 12.4 Å². The number of nitrogens with two attached hydrogens (primary N) is 1. The second-order valence-electron chi connectivity index (χ2n) is 8.86. The zero-order valence-electron chi connectivity index (χ0n) is 20.4. The van der Waals surface area contributed by atoms with E-state index in [2.05, 4.69) is 25.1 Å². The number of nitrogens with one attached hydrogen (secondary N) is 1.